The molecule has 2 fully saturated rings. The third-order valence-electron chi connectivity index (χ3n) is 4.93. The first-order valence-corrected chi connectivity index (χ1v) is 9.02. The molecular weight excluding hydrogens is 304 g/mol. The minimum atomic E-state index is -0.334. The van der Waals surface area contributed by atoms with Gasteiger partial charge in [-0.2, -0.15) is 0 Å². The van der Waals surface area contributed by atoms with Gasteiger partial charge in [-0.1, -0.05) is 37.5 Å². The Morgan fingerprint density at radius 1 is 1.04 bits per heavy atom. The van der Waals surface area contributed by atoms with Gasteiger partial charge in [0, 0.05) is 12.6 Å². The van der Waals surface area contributed by atoms with E-state index in [4.69, 9.17) is 4.74 Å². The smallest absolute Gasteiger partial charge is 0.261 e. The average Bonchev–Trinajstić information content (AvgIpc) is 3.11. The Labute approximate surface area is 143 Å². The highest BCUT2D eigenvalue weighted by atomic mass is 16.5. The summed E-state index contributed by atoms with van der Waals surface area (Å²) in [5.41, 5.74) is 0. The van der Waals surface area contributed by atoms with Crippen molar-refractivity contribution < 1.29 is 14.3 Å². The van der Waals surface area contributed by atoms with Gasteiger partial charge in [-0.15, -0.1) is 0 Å². The van der Waals surface area contributed by atoms with Crippen molar-refractivity contribution in [2.45, 2.75) is 57.0 Å². The standard InChI is InChI=1S/C19H26N2O3/c22-18(14-24-16-10-5-2-6-11-16)21-13-7-12-17(21)19(23)20-15-8-3-1-4-9-15/h2,5-6,10-11,15,17H,1,3-4,7-9,12-14H2,(H,20,23)/t17-/m0/s1. The van der Waals surface area contributed by atoms with E-state index in [9.17, 15) is 9.59 Å². The summed E-state index contributed by atoms with van der Waals surface area (Å²) in [4.78, 5) is 26.7. The molecule has 1 aromatic rings. The van der Waals surface area contributed by atoms with Crippen LogP contribution in [-0.2, 0) is 9.59 Å². The maximum absolute atomic E-state index is 12.6. The Bertz CT molecular complexity index is 555. The van der Waals surface area contributed by atoms with E-state index in [0.29, 0.717) is 12.3 Å². The lowest BCUT2D eigenvalue weighted by Crippen LogP contribution is -2.50. The second-order valence-electron chi connectivity index (χ2n) is 6.69. The Morgan fingerprint density at radius 2 is 1.79 bits per heavy atom. The first-order valence-electron chi connectivity index (χ1n) is 9.02. The largest absolute Gasteiger partial charge is 0.484 e. The number of nitrogens with one attached hydrogen (secondary N) is 1. The maximum Gasteiger partial charge on any atom is 0.261 e. The molecule has 0 spiro atoms. The number of hydrogen-bond acceptors (Lipinski definition) is 3. The molecule has 5 nitrogen and oxygen atoms in total. The second kappa shape index (κ2) is 8.18. The first kappa shape index (κ1) is 16.8. The summed E-state index contributed by atoms with van der Waals surface area (Å²) in [6, 6.07) is 9.24. The molecule has 1 N–H and O–H groups in total. The number of benzene rings is 1. The summed E-state index contributed by atoms with van der Waals surface area (Å²) in [5.74, 6) is 0.570. The minimum absolute atomic E-state index is 0.00691. The number of ether oxygens (including phenoxy) is 1. The molecule has 2 aliphatic rings. The molecule has 5 heteroatoms. The molecule has 1 aliphatic heterocycles. The number of likely N-dealkylation sites (tertiary alicyclic amines) is 1. The van der Waals surface area contributed by atoms with Crippen molar-refractivity contribution in [3.63, 3.8) is 0 Å². The number of nitrogens with zero attached hydrogens (tertiary/aromatic N) is 1. The van der Waals surface area contributed by atoms with Gasteiger partial charge in [0.15, 0.2) is 6.61 Å². The molecule has 2 amide bonds. The lowest BCUT2D eigenvalue weighted by molar-refractivity contribution is -0.140. The molecule has 130 valence electrons. The molecule has 0 aromatic heterocycles. The molecule has 0 bridgehead atoms. The Hall–Kier alpha value is -2.04. The molecule has 1 saturated heterocycles. The van der Waals surface area contributed by atoms with Crippen molar-refractivity contribution in [3.8, 4) is 5.75 Å². The van der Waals surface area contributed by atoms with E-state index >= 15 is 0 Å². The average molecular weight is 330 g/mol. The van der Waals surface area contributed by atoms with Crippen LogP contribution in [0.2, 0.25) is 0 Å². The quantitative estimate of drug-likeness (QED) is 0.902. The Kier molecular flexibility index (Phi) is 5.72. The zero-order chi connectivity index (χ0) is 16.8. The molecule has 0 radical (unpaired) electrons. The number of carbonyl (C=O) groups excluding carboxylic acids is 2. The van der Waals surface area contributed by atoms with Crippen LogP contribution in [0.3, 0.4) is 0 Å². The van der Waals surface area contributed by atoms with E-state index in [0.717, 1.165) is 25.7 Å². The zero-order valence-electron chi connectivity index (χ0n) is 14.1. The predicted molar refractivity (Wildman–Crippen MR) is 91.7 cm³/mol. The topological polar surface area (TPSA) is 58.6 Å². The fourth-order valence-electron chi connectivity index (χ4n) is 3.63. The van der Waals surface area contributed by atoms with E-state index in [1.54, 1.807) is 4.90 Å². The highest BCUT2D eigenvalue weighted by molar-refractivity contribution is 5.89. The van der Waals surface area contributed by atoms with E-state index < -0.39 is 0 Å². The van der Waals surface area contributed by atoms with Gasteiger partial charge in [0.25, 0.3) is 5.91 Å². The minimum Gasteiger partial charge on any atom is -0.484 e. The second-order valence-corrected chi connectivity index (χ2v) is 6.69. The van der Waals surface area contributed by atoms with Gasteiger partial charge in [0.05, 0.1) is 0 Å². The summed E-state index contributed by atoms with van der Waals surface area (Å²) in [5, 5.41) is 3.15. The SMILES string of the molecule is O=C(NC1CCCCC1)[C@@H]1CCCN1C(=O)COc1ccccc1. The number of rotatable bonds is 5. The third kappa shape index (κ3) is 4.28. The highest BCUT2D eigenvalue weighted by Gasteiger charge is 2.35. The van der Waals surface area contributed by atoms with Gasteiger partial charge in [-0.05, 0) is 37.8 Å². The van der Waals surface area contributed by atoms with E-state index in [1.165, 1.54) is 19.3 Å². The number of hydrogen-bond donors (Lipinski definition) is 1. The monoisotopic (exact) mass is 330 g/mol. The zero-order valence-corrected chi connectivity index (χ0v) is 14.1. The lowest BCUT2D eigenvalue weighted by atomic mass is 9.95. The van der Waals surface area contributed by atoms with Gasteiger partial charge in [0.1, 0.15) is 11.8 Å². The summed E-state index contributed by atoms with van der Waals surface area (Å²) < 4.78 is 5.54. The van der Waals surface area contributed by atoms with E-state index in [-0.39, 0.29) is 30.5 Å². The maximum atomic E-state index is 12.6. The third-order valence-corrected chi connectivity index (χ3v) is 4.93. The van der Waals surface area contributed by atoms with Crippen molar-refractivity contribution in [2.75, 3.05) is 13.2 Å². The van der Waals surface area contributed by atoms with Gasteiger partial charge < -0.3 is 15.0 Å². The van der Waals surface area contributed by atoms with Crippen molar-refractivity contribution in [1.82, 2.24) is 10.2 Å². The van der Waals surface area contributed by atoms with Crippen LogP contribution in [0.1, 0.15) is 44.9 Å². The summed E-state index contributed by atoms with van der Waals surface area (Å²) in [7, 11) is 0. The molecule has 1 atom stereocenters. The van der Waals surface area contributed by atoms with E-state index in [2.05, 4.69) is 5.32 Å². The normalized spacial score (nSPS) is 21.5. The van der Waals surface area contributed by atoms with Gasteiger partial charge >= 0.3 is 0 Å². The fraction of sp³-hybridized carbons (Fsp3) is 0.579. The molecule has 3 rings (SSSR count). The van der Waals surface area contributed by atoms with Crippen LogP contribution in [0.15, 0.2) is 30.3 Å². The van der Waals surface area contributed by atoms with Gasteiger partial charge in [-0.3, -0.25) is 9.59 Å². The van der Waals surface area contributed by atoms with Crippen molar-refractivity contribution in [1.29, 1.82) is 0 Å². The van der Waals surface area contributed by atoms with Crippen LogP contribution in [0.25, 0.3) is 0 Å². The van der Waals surface area contributed by atoms with Crippen LogP contribution in [0.4, 0.5) is 0 Å². The summed E-state index contributed by atoms with van der Waals surface area (Å²) >= 11 is 0. The van der Waals surface area contributed by atoms with Crippen LogP contribution in [0.5, 0.6) is 5.75 Å². The van der Waals surface area contributed by atoms with Gasteiger partial charge in [-0.25, -0.2) is 0 Å². The first-order chi connectivity index (χ1) is 11.7. The van der Waals surface area contributed by atoms with Crippen LogP contribution in [0, 0.1) is 0 Å². The van der Waals surface area contributed by atoms with Gasteiger partial charge in [0.2, 0.25) is 5.91 Å². The molecule has 1 aliphatic carbocycles. The molecule has 1 aromatic carbocycles. The Morgan fingerprint density at radius 3 is 2.54 bits per heavy atom. The van der Waals surface area contributed by atoms with Crippen LogP contribution >= 0.6 is 0 Å². The summed E-state index contributed by atoms with van der Waals surface area (Å²) in [6.45, 7) is 0.622. The summed E-state index contributed by atoms with van der Waals surface area (Å²) in [6.07, 6.45) is 7.37. The lowest BCUT2D eigenvalue weighted by Gasteiger charge is -2.28. The molecular formula is C19H26N2O3. The van der Waals surface area contributed by atoms with Crippen LogP contribution < -0.4 is 10.1 Å². The van der Waals surface area contributed by atoms with Crippen LogP contribution in [-0.4, -0.2) is 41.9 Å². The Balaban J connectivity index is 1.52. The molecule has 0 unspecified atom stereocenters. The number of amides is 2. The number of carbonyl (C=O) groups is 2. The molecule has 24 heavy (non-hydrogen) atoms. The van der Waals surface area contributed by atoms with Crippen molar-refractivity contribution in [2.24, 2.45) is 0 Å². The highest BCUT2D eigenvalue weighted by Crippen LogP contribution is 2.21. The molecule has 1 heterocycles. The van der Waals surface area contributed by atoms with E-state index in [1.807, 2.05) is 30.3 Å². The fourth-order valence-corrected chi connectivity index (χ4v) is 3.63. The molecule has 1 saturated carbocycles. The van der Waals surface area contributed by atoms with Crippen molar-refractivity contribution >= 4 is 11.8 Å². The number of para-hydroxylation sites is 1. The van der Waals surface area contributed by atoms with Crippen molar-refractivity contribution in [3.05, 3.63) is 30.3 Å². The predicted octanol–water partition coefficient (Wildman–Crippen LogP) is 2.51.